The van der Waals surface area contributed by atoms with Crippen molar-refractivity contribution in [1.29, 1.82) is 0 Å². The van der Waals surface area contributed by atoms with E-state index in [9.17, 15) is 5.11 Å². The predicted molar refractivity (Wildman–Crippen MR) is 79.5 cm³/mol. The van der Waals surface area contributed by atoms with E-state index in [-0.39, 0.29) is 6.10 Å². The Morgan fingerprint density at radius 3 is 2.30 bits per heavy atom. The second kappa shape index (κ2) is 6.10. The number of aliphatic hydroxyl groups is 1. The number of rotatable bonds is 5. The third-order valence-corrected chi connectivity index (χ3v) is 4.07. The van der Waals surface area contributed by atoms with E-state index in [1.54, 1.807) is 0 Å². The van der Waals surface area contributed by atoms with Crippen LogP contribution in [-0.2, 0) is 6.61 Å². The SMILES string of the molecule is OC(c1ccc(OCc2ccccc2)cc1)C1CCC1. The molecule has 104 valence electrons. The lowest BCUT2D eigenvalue weighted by Gasteiger charge is -2.30. The second-order valence-electron chi connectivity index (χ2n) is 5.48. The number of hydrogen-bond acceptors (Lipinski definition) is 2. The molecule has 1 unspecified atom stereocenters. The molecule has 20 heavy (non-hydrogen) atoms. The first-order valence-corrected chi connectivity index (χ1v) is 7.28. The summed E-state index contributed by atoms with van der Waals surface area (Å²) in [5.41, 5.74) is 2.16. The van der Waals surface area contributed by atoms with Crippen molar-refractivity contribution >= 4 is 0 Å². The Labute approximate surface area is 120 Å². The maximum absolute atomic E-state index is 10.2. The molecular formula is C18H20O2. The number of benzene rings is 2. The van der Waals surface area contributed by atoms with Gasteiger partial charge in [-0.2, -0.15) is 0 Å². The van der Waals surface area contributed by atoms with Crippen molar-refractivity contribution < 1.29 is 9.84 Å². The summed E-state index contributed by atoms with van der Waals surface area (Å²) >= 11 is 0. The smallest absolute Gasteiger partial charge is 0.119 e. The molecule has 2 aromatic carbocycles. The highest BCUT2D eigenvalue weighted by molar-refractivity contribution is 5.29. The normalized spacial score (nSPS) is 16.4. The van der Waals surface area contributed by atoms with E-state index in [2.05, 4.69) is 12.1 Å². The van der Waals surface area contributed by atoms with Crippen LogP contribution in [0.4, 0.5) is 0 Å². The molecule has 0 heterocycles. The third kappa shape index (κ3) is 3.02. The summed E-state index contributed by atoms with van der Waals surface area (Å²) in [5.74, 6) is 1.30. The average molecular weight is 268 g/mol. The van der Waals surface area contributed by atoms with Gasteiger partial charge in [0.25, 0.3) is 0 Å². The van der Waals surface area contributed by atoms with Gasteiger partial charge in [0, 0.05) is 0 Å². The van der Waals surface area contributed by atoms with Crippen molar-refractivity contribution in [2.45, 2.75) is 32.0 Å². The largest absolute Gasteiger partial charge is 0.489 e. The molecule has 2 nitrogen and oxygen atoms in total. The first kappa shape index (κ1) is 13.2. The Hall–Kier alpha value is -1.80. The van der Waals surface area contributed by atoms with Gasteiger partial charge in [0.15, 0.2) is 0 Å². The quantitative estimate of drug-likeness (QED) is 0.884. The summed E-state index contributed by atoms with van der Waals surface area (Å²) in [6.45, 7) is 0.575. The second-order valence-corrected chi connectivity index (χ2v) is 5.48. The van der Waals surface area contributed by atoms with Crippen LogP contribution >= 0.6 is 0 Å². The van der Waals surface area contributed by atoms with Gasteiger partial charge >= 0.3 is 0 Å². The van der Waals surface area contributed by atoms with Crippen molar-refractivity contribution in [3.8, 4) is 5.75 Å². The summed E-state index contributed by atoms with van der Waals surface area (Å²) < 4.78 is 5.75. The van der Waals surface area contributed by atoms with Crippen LogP contribution in [0.3, 0.4) is 0 Å². The van der Waals surface area contributed by atoms with Crippen LogP contribution in [-0.4, -0.2) is 5.11 Å². The Morgan fingerprint density at radius 1 is 1.00 bits per heavy atom. The van der Waals surface area contributed by atoms with Gasteiger partial charge in [-0.3, -0.25) is 0 Å². The Kier molecular flexibility index (Phi) is 4.03. The Bertz CT molecular complexity index is 529. The zero-order valence-corrected chi connectivity index (χ0v) is 11.5. The molecular weight excluding hydrogens is 248 g/mol. The first-order valence-electron chi connectivity index (χ1n) is 7.28. The minimum absolute atomic E-state index is 0.313. The van der Waals surface area contributed by atoms with Crippen molar-refractivity contribution in [2.24, 2.45) is 5.92 Å². The first-order chi connectivity index (χ1) is 9.83. The highest BCUT2D eigenvalue weighted by Crippen LogP contribution is 2.37. The van der Waals surface area contributed by atoms with Gasteiger partial charge in [-0.05, 0) is 42.0 Å². The lowest BCUT2D eigenvalue weighted by Crippen LogP contribution is -2.19. The van der Waals surface area contributed by atoms with Crippen molar-refractivity contribution in [3.05, 3.63) is 65.7 Å². The molecule has 2 aromatic rings. The molecule has 0 bridgehead atoms. The van der Waals surface area contributed by atoms with Crippen molar-refractivity contribution in [3.63, 3.8) is 0 Å². The van der Waals surface area contributed by atoms with Gasteiger partial charge in [0.05, 0.1) is 6.10 Å². The molecule has 1 aliphatic rings. The van der Waals surface area contributed by atoms with Crippen LogP contribution in [0.5, 0.6) is 5.75 Å². The lowest BCUT2D eigenvalue weighted by molar-refractivity contribution is 0.0620. The fourth-order valence-corrected chi connectivity index (χ4v) is 2.53. The van der Waals surface area contributed by atoms with Crippen LogP contribution in [0.15, 0.2) is 54.6 Å². The van der Waals surface area contributed by atoms with Gasteiger partial charge in [-0.15, -0.1) is 0 Å². The maximum atomic E-state index is 10.2. The third-order valence-electron chi connectivity index (χ3n) is 4.07. The summed E-state index contributed by atoms with van der Waals surface area (Å²) in [4.78, 5) is 0. The molecule has 1 atom stereocenters. The monoisotopic (exact) mass is 268 g/mol. The molecule has 1 saturated carbocycles. The van der Waals surface area contributed by atoms with Gasteiger partial charge in [0.1, 0.15) is 12.4 Å². The van der Waals surface area contributed by atoms with Crippen LogP contribution in [0.1, 0.15) is 36.5 Å². The standard InChI is InChI=1S/C18H20O2/c19-18(15-7-4-8-15)16-9-11-17(12-10-16)20-13-14-5-2-1-3-6-14/h1-3,5-6,9-12,15,18-19H,4,7-8,13H2. The van der Waals surface area contributed by atoms with E-state index in [4.69, 9.17) is 4.74 Å². The number of hydrogen-bond donors (Lipinski definition) is 1. The van der Waals surface area contributed by atoms with E-state index < -0.39 is 0 Å². The topological polar surface area (TPSA) is 29.5 Å². The lowest BCUT2D eigenvalue weighted by atomic mass is 9.79. The summed E-state index contributed by atoms with van der Waals surface area (Å²) in [5, 5.41) is 10.2. The predicted octanol–water partition coefficient (Wildman–Crippen LogP) is 4.10. The van der Waals surface area contributed by atoms with Crippen LogP contribution in [0, 0.1) is 5.92 Å². The molecule has 0 amide bonds. The van der Waals surface area contributed by atoms with Gasteiger partial charge < -0.3 is 9.84 Å². The molecule has 0 aromatic heterocycles. The van der Waals surface area contributed by atoms with E-state index in [0.717, 1.165) is 29.7 Å². The fraction of sp³-hybridized carbons (Fsp3) is 0.333. The Morgan fingerprint density at radius 2 is 1.70 bits per heavy atom. The minimum Gasteiger partial charge on any atom is -0.489 e. The van der Waals surface area contributed by atoms with Crippen LogP contribution < -0.4 is 4.74 Å². The maximum Gasteiger partial charge on any atom is 0.119 e. The highest BCUT2D eigenvalue weighted by atomic mass is 16.5. The molecule has 2 heteroatoms. The van der Waals surface area contributed by atoms with E-state index in [1.807, 2.05) is 42.5 Å². The summed E-state index contributed by atoms with van der Waals surface area (Å²) in [6.07, 6.45) is 3.23. The van der Waals surface area contributed by atoms with E-state index >= 15 is 0 Å². The number of aliphatic hydroxyl groups excluding tert-OH is 1. The van der Waals surface area contributed by atoms with Gasteiger partial charge in [-0.25, -0.2) is 0 Å². The molecule has 0 spiro atoms. The zero-order chi connectivity index (χ0) is 13.8. The molecule has 1 N–H and O–H groups in total. The van der Waals surface area contributed by atoms with Gasteiger partial charge in [0.2, 0.25) is 0 Å². The molecule has 1 fully saturated rings. The molecule has 1 aliphatic carbocycles. The summed E-state index contributed by atoms with van der Waals surface area (Å²) in [6, 6.07) is 18.0. The van der Waals surface area contributed by atoms with Crippen molar-refractivity contribution in [1.82, 2.24) is 0 Å². The average Bonchev–Trinajstić information content (AvgIpc) is 2.45. The van der Waals surface area contributed by atoms with E-state index in [1.165, 1.54) is 6.42 Å². The zero-order valence-electron chi connectivity index (χ0n) is 11.5. The molecule has 3 rings (SSSR count). The van der Waals surface area contributed by atoms with Gasteiger partial charge in [-0.1, -0.05) is 48.9 Å². The molecule has 0 aliphatic heterocycles. The minimum atomic E-state index is -0.313. The summed E-state index contributed by atoms with van der Waals surface area (Å²) in [7, 11) is 0. The fourth-order valence-electron chi connectivity index (χ4n) is 2.53. The number of ether oxygens (including phenoxy) is 1. The Balaban J connectivity index is 1.58. The van der Waals surface area contributed by atoms with Crippen molar-refractivity contribution in [2.75, 3.05) is 0 Å². The van der Waals surface area contributed by atoms with E-state index in [0.29, 0.717) is 12.5 Å². The highest BCUT2D eigenvalue weighted by Gasteiger charge is 2.26. The van der Waals surface area contributed by atoms with Crippen LogP contribution in [0.2, 0.25) is 0 Å². The van der Waals surface area contributed by atoms with Crippen LogP contribution in [0.25, 0.3) is 0 Å². The molecule has 0 radical (unpaired) electrons. The molecule has 0 saturated heterocycles.